The van der Waals surface area contributed by atoms with E-state index in [2.05, 4.69) is 15.4 Å². The molecule has 0 aliphatic carbocycles. The number of rotatable bonds is 4. The number of hydrogen-bond donors (Lipinski definition) is 1. The normalized spacial score (nSPS) is 17.0. The van der Waals surface area contributed by atoms with E-state index >= 15 is 0 Å². The van der Waals surface area contributed by atoms with Gasteiger partial charge in [0.15, 0.2) is 5.76 Å². The lowest BCUT2D eigenvalue weighted by Crippen LogP contribution is -2.30. The molecule has 0 atom stereocenters. The summed E-state index contributed by atoms with van der Waals surface area (Å²) in [6.45, 7) is 0.660. The van der Waals surface area contributed by atoms with Crippen molar-refractivity contribution in [2.45, 2.75) is 32.0 Å². The Morgan fingerprint density at radius 1 is 1.32 bits per heavy atom. The largest absolute Gasteiger partial charge is 0.461 e. The molecule has 0 radical (unpaired) electrons. The summed E-state index contributed by atoms with van der Waals surface area (Å²) in [5.41, 5.74) is 0. The van der Waals surface area contributed by atoms with Crippen molar-refractivity contribution in [1.29, 1.82) is 0 Å². The lowest BCUT2D eigenvalue weighted by molar-refractivity contribution is -0.143. The number of alkyl halides is 3. The number of aromatic nitrogens is 3. The van der Waals surface area contributed by atoms with E-state index in [-0.39, 0.29) is 5.82 Å². The Kier molecular flexibility index (Phi) is 4.19. The molecule has 2 aromatic heterocycles. The van der Waals surface area contributed by atoms with Crippen molar-refractivity contribution in [2.24, 2.45) is 5.92 Å². The van der Waals surface area contributed by atoms with E-state index in [0.717, 1.165) is 30.6 Å². The first-order valence-electron chi connectivity index (χ1n) is 7.26. The zero-order valence-electron chi connectivity index (χ0n) is 11.9. The molecule has 1 aliphatic rings. The van der Waals surface area contributed by atoms with Crippen molar-refractivity contribution in [3.63, 3.8) is 0 Å². The minimum Gasteiger partial charge on any atom is -0.461 e. The van der Waals surface area contributed by atoms with Gasteiger partial charge in [-0.1, -0.05) is 0 Å². The smallest absolute Gasteiger partial charge is 0.408 e. The minimum absolute atomic E-state index is 0.207. The summed E-state index contributed by atoms with van der Waals surface area (Å²) in [6, 6.07) is 3.30. The highest BCUT2D eigenvalue weighted by molar-refractivity contribution is 5.45. The van der Waals surface area contributed by atoms with Gasteiger partial charge in [-0.25, -0.2) is 9.67 Å². The van der Waals surface area contributed by atoms with Crippen LogP contribution in [0.2, 0.25) is 0 Å². The van der Waals surface area contributed by atoms with Gasteiger partial charge in [-0.3, -0.25) is 0 Å². The van der Waals surface area contributed by atoms with Crippen molar-refractivity contribution in [1.82, 2.24) is 20.1 Å². The Morgan fingerprint density at radius 3 is 2.73 bits per heavy atom. The lowest BCUT2D eigenvalue weighted by Gasteiger charge is -2.22. The molecule has 1 N–H and O–H groups in total. The number of halogens is 3. The highest BCUT2D eigenvalue weighted by atomic mass is 19.4. The van der Waals surface area contributed by atoms with Gasteiger partial charge < -0.3 is 9.73 Å². The average Bonchev–Trinajstić information content (AvgIpc) is 3.09. The van der Waals surface area contributed by atoms with E-state index in [1.54, 1.807) is 12.1 Å². The maximum atomic E-state index is 12.7. The Bertz CT molecular complexity index is 600. The molecule has 8 heteroatoms. The molecular weight excluding hydrogens is 297 g/mol. The summed E-state index contributed by atoms with van der Waals surface area (Å²) in [5, 5.41) is 7.22. The van der Waals surface area contributed by atoms with Crippen LogP contribution >= 0.6 is 0 Å². The van der Waals surface area contributed by atoms with Crippen molar-refractivity contribution in [3.05, 3.63) is 24.2 Å². The molecule has 3 rings (SSSR count). The number of nitrogens with one attached hydrogen (secondary N) is 1. The summed E-state index contributed by atoms with van der Waals surface area (Å²) in [6.07, 6.45) is -0.487. The summed E-state index contributed by atoms with van der Waals surface area (Å²) in [4.78, 5) is 4.27. The van der Waals surface area contributed by atoms with Crippen LogP contribution in [0.25, 0.3) is 11.6 Å². The van der Waals surface area contributed by atoms with Crippen LogP contribution in [0, 0.1) is 5.92 Å². The second-order valence-corrected chi connectivity index (χ2v) is 5.50. The van der Waals surface area contributed by atoms with Gasteiger partial charge >= 0.3 is 6.18 Å². The molecular formula is C14H17F3N4O. The van der Waals surface area contributed by atoms with Gasteiger partial charge in [-0.2, -0.15) is 13.2 Å². The van der Waals surface area contributed by atoms with E-state index in [9.17, 15) is 13.2 Å². The third kappa shape index (κ3) is 3.68. The number of piperidine rings is 1. The Balaban J connectivity index is 1.84. The molecule has 1 saturated heterocycles. The maximum absolute atomic E-state index is 12.7. The number of hydrogen-bond acceptors (Lipinski definition) is 4. The number of nitrogens with zero attached hydrogens (tertiary/aromatic N) is 3. The molecule has 1 fully saturated rings. The average molecular weight is 314 g/mol. The van der Waals surface area contributed by atoms with E-state index in [1.807, 2.05) is 0 Å². The monoisotopic (exact) mass is 314 g/mol. The molecule has 0 aromatic carbocycles. The highest BCUT2D eigenvalue weighted by Gasteiger charge is 2.31. The fraction of sp³-hybridized carbons (Fsp3) is 0.571. The first-order chi connectivity index (χ1) is 10.5. The molecule has 0 spiro atoms. The molecule has 5 nitrogen and oxygen atoms in total. The van der Waals surface area contributed by atoms with E-state index in [0.29, 0.717) is 23.9 Å². The standard InChI is InChI=1S/C14H17F3N4O/c15-14(16,17)9-21-12(8-10-3-5-18-6-4-10)19-13(20-21)11-2-1-7-22-11/h1-2,7,10,18H,3-6,8-9H2. The van der Waals surface area contributed by atoms with Gasteiger partial charge in [0.1, 0.15) is 12.4 Å². The second kappa shape index (κ2) is 6.12. The molecule has 0 amide bonds. The molecule has 22 heavy (non-hydrogen) atoms. The summed E-state index contributed by atoms with van der Waals surface area (Å²) in [5.74, 6) is 1.29. The Hall–Kier alpha value is -1.83. The van der Waals surface area contributed by atoms with Crippen LogP contribution in [0.5, 0.6) is 0 Å². The molecule has 3 heterocycles. The van der Waals surface area contributed by atoms with Crippen LogP contribution in [0.1, 0.15) is 18.7 Å². The van der Waals surface area contributed by atoms with Gasteiger partial charge in [-0.05, 0) is 44.0 Å². The number of furan rings is 1. The molecule has 0 unspecified atom stereocenters. The molecule has 120 valence electrons. The van der Waals surface area contributed by atoms with Crippen molar-refractivity contribution in [2.75, 3.05) is 13.1 Å². The van der Waals surface area contributed by atoms with Crippen molar-refractivity contribution in [3.8, 4) is 11.6 Å². The molecule has 0 saturated carbocycles. The lowest BCUT2D eigenvalue weighted by atomic mass is 9.94. The van der Waals surface area contributed by atoms with Crippen molar-refractivity contribution >= 4 is 0 Å². The zero-order valence-corrected chi connectivity index (χ0v) is 11.9. The van der Waals surface area contributed by atoms with E-state index in [1.165, 1.54) is 6.26 Å². The third-order valence-electron chi connectivity index (χ3n) is 3.75. The van der Waals surface area contributed by atoms with Crippen LogP contribution in [0.4, 0.5) is 13.2 Å². The van der Waals surface area contributed by atoms with Crippen LogP contribution in [-0.4, -0.2) is 34.0 Å². The van der Waals surface area contributed by atoms with Gasteiger partial charge in [0.2, 0.25) is 5.82 Å². The highest BCUT2D eigenvalue weighted by Crippen LogP contribution is 2.24. The van der Waals surface area contributed by atoms with E-state index in [4.69, 9.17) is 4.42 Å². The van der Waals surface area contributed by atoms with E-state index < -0.39 is 12.7 Å². The quantitative estimate of drug-likeness (QED) is 0.942. The fourth-order valence-electron chi connectivity index (χ4n) is 2.68. The second-order valence-electron chi connectivity index (χ2n) is 5.50. The maximum Gasteiger partial charge on any atom is 0.408 e. The van der Waals surface area contributed by atoms with Crippen LogP contribution in [-0.2, 0) is 13.0 Å². The van der Waals surface area contributed by atoms with Gasteiger partial charge in [-0.15, -0.1) is 5.10 Å². The zero-order chi connectivity index (χ0) is 15.6. The van der Waals surface area contributed by atoms with Gasteiger partial charge in [0.25, 0.3) is 0 Å². The molecule has 1 aliphatic heterocycles. The molecule has 0 bridgehead atoms. The molecule has 2 aromatic rings. The first kappa shape index (κ1) is 15.1. The SMILES string of the molecule is FC(F)(F)Cn1nc(-c2ccco2)nc1CC1CCNCC1. The third-order valence-corrected chi connectivity index (χ3v) is 3.75. The van der Waals surface area contributed by atoms with Gasteiger partial charge in [0, 0.05) is 6.42 Å². The predicted octanol–water partition coefficient (Wildman–Crippen LogP) is 2.64. The summed E-state index contributed by atoms with van der Waals surface area (Å²) in [7, 11) is 0. The summed E-state index contributed by atoms with van der Waals surface area (Å²) >= 11 is 0. The Morgan fingerprint density at radius 2 is 2.09 bits per heavy atom. The predicted molar refractivity (Wildman–Crippen MR) is 73.1 cm³/mol. The topological polar surface area (TPSA) is 55.9 Å². The van der Waals surface area contributed by atoms with Crippen molar-refractivity contribution < 1.29 is 17.6 Å². The first-order valence-corrected chi connectivity index (χ1v) is 7.26. The fourth-order valence-corrected chi connectivity index (χ4v) is 2.68. The minimum atomic E-state index is -4.32. The summed E-state index contributed by atoms with van der Waals surface area (Å²) < 4.78 is 44.3. The van der Waals surface area contributed by atoms with Crippen LogP contribution in [0.3, 0.4) is 0 Å². The van der Waals surface area contributed by atoms with Gasteiger partial charge in [0.05, 0.1) is 6.26 Å². The Labute approximate surface area is 125 Å². The van der Waals surface area contributed by atoms with Crippen LogP contribution in [0.15, 0.2) is 22.8 Å². The van der Waals surface area contributed by atoms with Crippen LogP contribution < -0.4 is 5.32 Å².